The van der Waals surface area contributed by atoms with E-state index in [9.17, 15) is 4.79 Å². The maximum Gasteiger partial charge on any atom is 0.324 e. The number of unbranched alkanes of at least 4 members (excludes halogenated alkanes) is 1. The van der Waals surface area contributed by atoms with Crippen molar-refractivity contribution in [3.63, 3.8) is 0 Å². The Balaban J connectivity index is 1.74. The molecule has 2 aromatic heterocycles. The molecule has 0 unspecified atom stereocenters. The van der Waals surface area contributed by atoms with Crippen molar-refractivity contribution in [2.24, 2.45) is 0 Å². The van der Waals surface area contributed by atoms with Gasteiger partial charge in [0.1, 0.15) is 5.65 Å². The fraction of sp³-hybridized carbons (Fsp3) is 0.400. The predicted octanol–water partition coefficient (Wildman–Crippen LogP) is 4.55. The summed E-state index contributed by atoms with van der Waals surface area (Å²) in [5.41, 5.74) is 4.50. The van der Waals surface area contributed by atoms with E-state index in [0.29, 0.717) is 0 Å². The van der Waals surface area contributed by atoms with Crippen LogP contribution >= 0.6 is 11.9 Å². The van der Waals surface area contributed by atoms with Crippen LogP contribution < -0.4 is 10.0 Å². The molecule has 138 valence electrons. The quantitative estimate of drug-likeness (QED) is 0.474. The minimum atomic E-state index is -0.115. The first-order chi connectivity index (χ1) is 12.6. The zero-order valence-corrected chi connectivity index (χ0v) is 16.4. The van der Waals surface area contributed by atoms with Crippen molar-refractivity contribution in [1.29, 1.82) is 0 Å². The van der Waals surface area contributed by atoms with Crippen LogP contribution in [0.1, 0.15) is 31.0 Å². The van der Waals surface area contributed by atoms with Crippen molar-refractivity contribution >= 4 is 39.9 Å². The van der Waals surface area contributed by atoms with Gasteiger partial charge in [0.2, 0.25) is 0 Å². The molecule has 0 radical (unpaired) electrons. The van der Waals surface area contributed by atoms with Gasteiger partial charge in [-0.1, -0.05) is 31.5 Å². The van der Waals surface area contributed by atoms with Gasteiger partial charge in [0, 0.05) is 35.3 Å². The second kappa shape index (κ2) is 8.45. The Morgan fingerprint density at radius 3 is 2.88 bits per heavy atom. The maximum atomic E-state index is 11.7. The van der Waals surface area contributed by atoms with Crippen LogP contribution in [0, 0.1) is 13.8 Å². The van der Waals surface area contributed by atoms with Gasteiger partial charge >= 0.3 is 6.03 Å². The normalized spacial score (nSPS) is 11.2. The number of nitrogens with zero attached hydrogens (tertiary/aromatic N) is 2. The Labute approximate surface area is 158 Å². The Morgan fingerprint density at radius 2 is 2.08 bits per heavy atom. The molecule has 0 atom stereocenters. The van der Waals surface area contributed by atoms with E-state index in [-0.39, 0.29) is 6.03 Å². The van der Waals surface area contributed by atoms with Crippen LogP contribution in [0.3, 0.4) is 0 Å². The number of pyridine rings is 1. The molecule has 0 bridgehead atoms. The molecule has 2 amide bonds. The van der Waals surface area contributed by atoms with E-state index in [1.165, 1.54) is 33.8 Å². The van der Waals surface area contributed by atoms with Gasteiger partial charge in [-0.15, -0.1) is 0 Å². The summed E-state index contributed by atoms with van der Waals surface area (Å²) in [5, 5.41) is 5.32. The van der Waals surface area contributed by atoms with Crippen molar-refractivity contribution in [2.75, 3.05) is 12.3 Å². The highest BCUT2D eigenvalue weighted by Gasteiger charge is 2.14. The van der Waals surface area contributed by atoms with E-state index >= 15 is 0 Å². The Bertz CT molecular complexity index is 919. The fourth-order valence-electron chi connectivity index (χ4n) is 3.27. The smallest absolute Gasteiger partial charge is 0.324 e. The van der Waals surface area contributed by atoms with E-state index in [1.54, 1.807) is 0 Å². The number of hydrogen-bond acceptors (Lipinski definition) is 3. The second-order valence-electron chi connectivity index (χ2n) is 6.51. The lowest BCUT2D eigenvalue weighted by molar-refractivity contribution is 0.246. The van der Waals surface area contributed by atoms with Gasteiger partial charge in [0.25, 0.3) is 0 Å². The number of aryl methyl sites for hydroxylation is 3. The molecule has 0 spiro atoms. The molecule has 0 aliphatic heterocycles. The van der Waals surface area contributed by atoms with Gasteiger partial charge in [-0.25, -0.2) is 9.78 Å². The van der Waals surface area contributed by atoms with Crippen LogP contribution in [0.2, 0.25) is 0 Å². The fourth-order valence-corrected chi connectivity index (χ4v) is 3.85. The third kappa shape index (κ3) is 3.96. The zero-order chi connectivity index (χ0) is 18.5. The summed E-state index contributed by atoms with van der Waals surface area (Å²) in [4.78, 5) is 16.5. The molecule has 0 saturated carbocycles. The van der Waals surface area contributed by atoms with Crippen LogP contribution in [0.4, 0.5) is 4.79 Å². The Kier molecular flexibility index (Phi) is 6.04. The van der Waals surface area contributed by atoms with Gasteiger partial charge < -0.3 is 9.88 Å². The molecule has 2 N–H and O–H groups in total. The molecular formula is C20H26N4OS. The van der Waals surface area contributed by atoms with Gasteiger partial charge in [0.05, 0.1) is 5.52 Å². The third-order valence-electron chi connectivity index (χ3n) is 4.44. The van der Waals surface area contributed by atoms with Crippen LogP contribution in [0.5, 0.6) is 0 Å². The average Bonchev–Trinajstić information content (AvgIpc) is 2.93. The summed E-state index contributed by atoms with van der Waals surface area (Å²) in [6, 6.07) is 10.5. The van der Waals surface area contributed by atoms with Gasteiger partial charge in [-0.3, -0.25) is 4.72 Å². The van der Waals surface area contributed by atoms with Crippen LogP contribution in [0.15, 0.2) is 30.3 Å². The lowest BCUT2D eigenvalue weighted by Crippen LogP contribution is -2.32. The van der Waals surface area contributed by atoms with Crippen molar-refractivity contribution in [3.05, 3.63) is 41.6 Å². The minimum Gasteiger partial charge on any atom is -0.337 e. The summed E-state index contributed by atoms with van der Waals surface area (Å²) in [6.07, 6.45) is 2.08. The van der Waals surface area contributed by atoms with E-state index < -0.39 is 0 Å². The van der Waals surface area contributed by atoms with Crippen LogP contribution in [-0.2, 0) is 6.54 Å². The Hall–Kier alpha value is -2.21. The first-order valence-electron chi connectivity index (χ1n) is 9.12. The molecule has 3 rings (SSSR count). The zero-order valence-electron chi connectivity index (χ0n) is 15.6. The van der Waals surface area contributed by atoms with Crippen LogP contribution in [0.25, 0.3) is 21.9 Å². The number of nitrogens with one attached hydrogen (secondary N) is 2. The molecule has 6 heteroatoms. The number of para-hydroxylation sites is 1. The van der Waals surface area contributed by atoms with Crippen molar-refractivity contribution in [3.8, 4) is 0 Å². The molecule has 3 aromatic rings. The number of fused-ring (bicyclic) bond motifs is 3. The highest BCUT2D eigenvalue weighted by atomic mass is 32.2. The molecule has 2 heterocycles. The van der Waals surface area contributed by atoms with Gasteiger partial charge in [0.15, 0.2) is 0 Å². The van der Waals surface area contributed by atoms with E-state index in [1.807, 2.05) is 6.92 Å². The van der Waals surface area contributed by atoms with E-state index in [4.69, 9.17) is 4.98 Å². The lowest BCUT2D eigenvalue weighted by Gasteiger charge is -2.09. The molecule has 0 aliphatic carbocycles. The van der Waals surface area contributed by atoms with Crippen molar-refractivity contribution in [2.45, 2.75) is 40.2 Å². The highest BCUT2D eigenvalue weighted by Crippen LogP contribution is 2.30. The van der Waals surface area contributed by atoms with E-state index in [0.717, 1.165) is 43.0 Å². The minimum absolute atomic E-state index is 0.115. The second-order valence-corrected chi connectivity index (χ2v) is 7.41. The SMILES string of the molecule is CCCCNC(=O)NSCCn1c2ccccc2c2c(C)cc(C)nc21. The number of carbonyl (C=O) groups excluding carboxylic acids is 1. The van der Waals surface area contributed by atoms with Crippen molar-refractivity contribution in [1.82, 2.24) is 19.6 Å². The summed E-state index contributed by atoms with van der Waals surface area (Å²) in [7, 11) is 0. The molecule has 1 aromatic carbocycles. The summed E-state index contributed by atoms with van der Waals surface area (Å²) >= 11 is 1.43. The molecule has 0 aliphatic rings. The predicted molar refractivity (Wildman–Crippen MR) is 111 cm³/mol. The number of amides is 2. The number of carbonyl (C=O) groups is 1. The summed E-state index contributed by atoms with van der Waals surface area (Å²) < 4.78 is 5.11. The first kappa shape index (κ1) is 18.6. The lowest BCUT2D eigenvalue weighted by atomic mass is 10.1. The molecule has 0 fully saturated rings. The Morgan fingerprint density at radius 1 is 1.27 bits per heavy atom. The molecule has 0 saturated heterocycles. The number of hydrogen-bond donors (Lipinski definition) is 2. The molecule has 5 nitrogen and oxygen atoms in total. The summed E-state index contributed by atoms with van der Waals surface area (Å²) in [6.45, 7) is 7.80. The van der Waals surface area contributed by atoms with Crippen molar-refractivity contribution < 1.29 is 4.79 Å². The van der Waals surface area contributed by atoms with E-state index in [2.05, 4.69) is 58.8 Å². The average molecular weight is 371 g/mol. The first-order valence-corrected chi connectivity index (χ1v) is 10.1. The largest absolute Gasteiger partial charge is 0.337 e. The summed E-state index contributed by atoms with van der Waals surface area (Å²) in [5.74, 6) is 0.781. The third-order valence-corrected chi connectivity index (χ3v) is 5.16. The van der Waals surface area contributed by atoms with Gasteiger partial charge in [-0.2, -0.15) is 0 Å². The topological polar surface area (TPSA) is 59.0 Å². The monoisotopic (exact) mass is 370 g/mol. The van der Waals surface area contributed by atoms with Gasteiger partial charge in [-0.05, 0) is 49.9 Å². The maximum absolute atomic E-state index is 11.7. The number of aromatic nitrogens is 2. The standard InChI is InChI=1S/C20H26N4OS/c1-4-5-10-21-20(25)23-26-12-11-24-17-9-7-6-8-16(17)18-14(2)13-15(3)22-19(18)24/h6-9,13H,4-5,10-12H2,1-3H3,(H2,21,23,25). The molecular weight excluding hydrogens is 344 g/mol. The molecule has 26 heavy (non-hydrogen) atoms. The number of benzene rings is 1. The number of urea groups is 1. The number of rotatable bonds is 7. The van der Waals surface area contributed by atoms with Crippen LogP contribution in [-0.4, -0.2) is 27.9 Å². The highest BCUT2D eigenvalue weighted by molar-refractivity contribution is 7.97.